The molecule has 1 aliphatic rings. The minimum Gasteiger partial charge on any atom is -0.352 e. The van der Waals surface area contributed by atoms with Gasteiger partial charge in [0.25, 0.3) is 5.91 Å². The molecule has 0 bridgehead atoms. The number of benzene rings is 1. The Morgan fingerprint density at radius 1 is 1.19 bits per heavy atom. The van der Waals surface area contributed by atoms with Crippen LogP contribution < -0.4 is 16.0 Å². The van der Waals surface area contributed by atoms with Crippen LogP contribution in [0.5, 0.6) is 0 Å². The van der Waals surface area contributed by atoms with Crippen LogP contribution in [0.4, 0.5) is 5.69 Å². The normalized spacial score (nSPS) is 16.2. The first-order chi connectivity index (χ1) is 12.7. The third kappa shape index (κ3) is 5.39. The molecule has 6 heteroatoms. The number of carbonyl (C=O) groups excluding carboxylic acids is 2. The maximum absolute atomic E-state index is 12.2. The molecule has 1 atom stereocenters. The topological polar surface area (TPSA) is 83.1 Å². The zero-order valence-corrected chi connectivity index (χ0v) is 14.7. The van der Waals surface area contributed by atoms with E-state index < -0.39 is 0 Å². The summed E-state index contributed by atoms with van der Waals surface area (Å²) in [5.74, 6) is 0.509. The molecule has 0 spiro atoms. The second kappa shape index (κ2) is 9.10. The molecule has 1 aromatic heterocycles. The fourth-order valence-electron chi connectivity index (χ4n) is 3.05. The number of aromatic nitrogens is 1. The lowest BCUT2D eigenvalue weighted by molar-refractivity contribution is -0.121. The highest BCUT2D eigenvalue weighted by Gasteiger charge is 2.15. The van der Waals surface area contributed by atoms with Crippen molar-refractivity contribution in [2.45, 2.75) is 25.8 Å². The first-order valence-corrected chi connectivity index (χ1v) is 8.98. The molecule has 3 N–H and O–H groups in total. The molecule has 1 aromatic carbocycles. The molecule has 2 amide bonds. The highest BCUT2D eigenvalue weighted by molar-refractivity contribution is 6.04. The van der Waals surface area contributed by atoms with Crippen molar-refractivity contribution in [2.75, 3.05) is 18.4 Å². The minimum atomic E-state index is -0.182. The molecule has 136 valence electrons. The second-order valence-corrected chi connectivity index (χ2v) is 6.56. The standard InChI is InChI=1S/C20H24N4O2/c25-19(5-4-15-6-9-22-13-15)23-14-16-2-1-3-18(12-16)24-20(26)17-7-10-21-11-8-17/h1-3,7-8,10-12,15,22H,4-6,9,13-14H2,(H,23,25)(H,24,26). The number of nitrogens with zero attached hydrogens (tertiary/aromatic N) is 1. The summed E-state index contributed by atoms with van der Waals surface area (Å²) in [6, 6.07) is 10.8. The molecular weight excluding hydrogens is 328 g/mol. The largest absolute Gasteiger partial charge is 0.352 e. The van der Waals surface area contributed by atoms with Crippen LogP contribution in [0.1, 0.15) is 35.2 Å². The van der Waals surface area contributed by atoms with Crippen molar-refractivity contribution in [3.05, 3.63) is 59.9 Å². The highest BCUT2D eigenvalue weighted by Crippen LogP contribution is 2.15. The van der Waals surface area contributed by atoms with E-state index in [1.807, 2.05) is 24.3 Å². The smallest absolute Gasteiger partial charge is 0.255 e. The molecule has 3 rings (SSSR count). The van der Waals surface area contributed by atoms with E-state index in [-0.39, 0.29) is 11.8 Å². The Morgan fingerprint density at radius 2 is 2.04 bits per heavy atom. The molecule has 1 unspecified atom stereocenters. The predicted molar refractivity (Wildman–Crippen MR) is 101 cm³/mol. The summed E-state index contributed by atoms with van der Waals surface area (Å²) >= 11 is 0. The second-order valence-electron chi connectivity index (χ2n) is 6.56. The van der Waals surface area contributed by atoms with Gasteiger partial charge in [-0.25, -0.2) is 0 Å². The lowest BCUT2D eigenvalue weighted by atomic mass is 10.0. The van der Waals surface area contributed by atoms with E-state index in [4.69, 9.17) is 0 Å². The van der Waals surface area contributed by atoms with Gasteiger partial charge in [-0.2, -0.15) is 0 Å². The van der Waals surface area contributed by atoms with Gasteiger partial charge in [0.2, 0.25) is 5.91 Å². The Hall–Kier alpha value is -2.73. The number of amides is 2. The van der Waals surface area contributed by atoms with Gasteiger partial charge in [-0.05, 0) is 61.7 Å². The number of anilines is 1. The van der Waals surface area contributed by atoms with Gasteiger partial charge >= 0.3 is 0 Å². The summed E-state index contributed by atoms with van der Waals surface area (Å²) in [6.45, 7) is 2.54. The number of hydrogen-bond acceptors (Lipinski definition) is 4. The van der Waals surface area contributed by atoms with E-state index >= 15 is 0 Å². The fraction of sp³-hybridized carbons (Fsp3) is 0.350. The molecule has 0 aliphatic carbocycles. The molecule has 0 radical (unpaired) electrons. The third-order valence-corrected chi connectivity index (χ3v) is 4.56. The Kier molecular flexibility index (Phi) is 6.33. The molecule has 1 aliphatic heterocycles. The fourth-order valence-corrected chi connectivity index (χ4v) is 3.05. The molecule has 2 heterocycles. The number of nitrogens with one attached hydrogen (secondary N) is 3. The number of pyridine rings is 1. The summed E-state index contributed by atoms with van der Waals surface area (Å²) in [6.07, 6.45) is 5.82. The molecular formula is C20H24N4O2. The van der Waals surface area contributed by atoms with E-state index in [9.17, 15) is 9.59 Å². The first kappa shape index (κ1) is 18.1. The summed E-state index contributed by atoms with van der Waals surface area (Å²) in [5.41, 5.74) is 2.21. The maximum atomic E-state index is 12.2. The van der Waals surface area contributed by atoms with Crippen LogP contribution in [0.2, 0.25) is 0 Å². The summed E-state index contributed by atoms with van der Waals surface area (Å²) in [4.78, 5) is 28.1. The van der Waals surface area contributed by atoms with Gasteiger partial charge in [-0.3, -0.25) is 14.6 Å². The average Bonchev–Trinajstić information content (AvgIpc) is 3.19. The lowest BCUT2D eigenvalue weighted by Crippen LogP contribution is -2.23. The van der Waals surface area contributed by atoms with Gasteiger partial charge in [-0.1, -0.05) is 12.1 Å². The van der Waals surface area contributed by atoms with Gasteiger partial charge in [0.1, 0.15) is 0 Å². The van der Waals surface area contributed by atoms with Crippen molar-refractivity contribution in [1.82, 2.24) is 15.6 Å². The summed E-state index contributed by atoms with van der Waals surface area (Å²) in [7, 11) is 0. The maximum Gasteiger partial charge on any atom is 0.255 e. The van der Waals surface area contributed by atoms with Crippen LogP contribution >= 0.6 is 0 Å². The van der Waals surface area contributed by atoms with E-state index in [0.29, 0.717) is 30.1 Å². The SMILES string of the molecule is O=C(CCC1CCNC1)NCc1cccc(NC(=O)c2ccncc2)c1. The van der Waals surface area contributed by atoms with Gasteiger partial charge in [0.15, 0.2) is 0 Å². The van der Waals surface area contributed by atoms with Crippen LogP contribution in [0.3, 0.4) is 0 Å². The Bertz CT molecular complexity index is 742. The van der Waals surface area contributed by atoms with Crippen LogP contribution in [0.25, 0.3) is 0 Å². The molecule has 2 aromatic rings. The van der Waals surface area contributed by atoms with Crippen LogP contribution in [-0.2, 0) is 11.3 Å². The number of rotatable bonds is 7. The molecule has 1 fully saturated rings. The minimum absolute atomic E-state index is 0.0723. The summed E-state index contributed by atoms with van der Waals surface area (Å²) in [5, 5.41) is 9.13. The van der Waals surface area contributed by atoms with Crippen LogP contribution in [0, 0.1) is 5.92 Å². The van der Waals surface area contributed by atoms with E-state index in [2.05, 4.69) is 20.9 Å². The van der Waals surface area contributed by atoms with Crippen molar-refractivity contribution < 1.29 is 9.59 Å². The zero-order chi connectivity index (χ0) is 18.2. The van der Waals surface area contributed by atoms with Crippen molar-refractivity contribution in [2.24, 2.45) is 5.92 Å². The van der Waals surface area contributed by atoms with E-state index in [1.54, 1.807) is 24.5 Å². The predicted octanol–water partition coefficient (Wildman–Crippen LogP) is 2.34. The van der Waals surface area contributed by atoms with E-state index in [1.165, 1.54) is 0 Å². The third-order valence-electron chi connectivity index (χ3n) is 4.56. The number of carbonyl (C=O) groups is 2. The lowest BCUT2D eigenvalue weighted by Gasteiger charge is -2.10. The van der Waals surface area contributed by atoms with Gasteiger partial charge in [-0.15, -0.1) is 0 Å². The van der Waals surface area contributed by atoms with Crippen LogP contribution in [0.15, 0.2) is 48.8 Å². The van der Waals surface area contributed by atoms with Crippen molar-refractivity contribution in [3.63, 3.8) is 0 Å². The van der Waals surface area contributed by atoms with Gasteiger partial charge < -0.3 is 16.0 Å². The number of hydrogen-bond donors (Lipinski definition) is 3. The monoisotopic (exact) mass is 352 g/mol. The van der Waals surface area contributed by atoms with Crippen LogP contribution in [-0.4, -0.2) is 29.9 Å². The van der Waals surface area contributed by atoms with E-state index in [0.717, 1.165) is 31.5 Å². The summed E-state index contributed by atoms with van der Waals surface area (Å²) < 4.78 is 0. The Balaban J connectivity index is 1.47. The first-order valence-electron chi connectivity index (χ1n) is 8.98. The average molecular weight is 352 g/mol. The van der Waals surface area contributed by atoms with Crippen molar-refractivity contribution in [1.29, 1.82) is 0 Å². The van der Waals surface area contributed by atoms with Gasteiger partial charge in [0.05, 0.1) is 0 Å². The zero-order valence-electron chi connectivity index (χ0n) is 14.7. The Morgan fingerprint density at radius 3 is 2.81 bits per heavy atom. The quantitative estimate of drug-likeness (QED) is 0.714. The Labute approximate surface area is 153 Å². The van der Waals surface area contributed by atoms with Crippen molar-refractivity contribution >= 4 is 17.5 Å². The van der Waals surface area contributed by atoms with Crippen molar-refractivity contribution in [3.8, 4) is 0 Å². The molecule has 26 heavy (non-hydrogen) atoms. The molecule has 0 saturated carbocycles. The molecule has 6 nitrogen and oxygen atoms in total. The highest BCUT2D eigenvalue weighted by atomic mass is 16.2. The van der Waals surface area contributed by atoms with Gasteiger partial charge in [0, 0.05) is 36.6 Å². The molecule has 1 saturated heterocycles.